The molecule has 0 fully saturated rings. The van der Waals surface area contributed by atoms with Gasteiger partial charge in [-0.05, 0) is 29.5 Å². The van der Waals surface area contributed by atoms with Crippen LogP contribution in [-0.2, 0) is 28.9 Å². The highest BCUT2D eigenvalue weighted by Crippen LogP contribution is 2.22. The zero-order chi connectivity index (χ0) is 19.6. The van der Waals surface area contributed by atoms with Gasteiger partial charge in [0.1, 0.15) is 6.04 Å². The Morgan fingerprint density at radius 2 is 1.63 bits per heavy atom. The maximum atomic E-state index is 12.5. The number of aryl methyl sites for hydroxylation is 2. The molecule has 2 aromatic rings. The van der Waals surface area contributed by atoms with Gasteiger partial charge in [-0.3, -0.25) is 4.79 Å². The molecule has 27 heavy (non-hydrogen) atoms. The molecule has 0 radical (unpaired) electrons. The summed E-state index contributed by atoms with van der Waals surface area (Å²) in [5.74, 6) is -1.51. The van der Waals surface area contributed by atoms with E-state index in [4.69, 9.17) is 0 Å². The molecule has 2 aromatic carbocycles. The number of carbonyl (C=O) groups is 2. The summed E-state index contributed by atoms with van der Waals surface area (Å²) in [6.07, 6.45) is 2.23. The van der Waals surface area contributed by atoms with E-state index in [9.17, 15) is 14.7 Å². The molecule has 0 saturated heterocycles. The number of hydrogen-bond acceptors (Lipinski definition) is 3. The molecule has 0 aromatic heterocycles. The van der Waals surface area contributed by atoms with E-state index in [0.29, 0.717) is 6.54 Å². The van der Waals surface area contributed by atoms with Crippen molar-refractivity contribution in [3.63, 3.8) is 0 Å². The monoisotopic (exact) mass is 368 g/mol. The molecule has 2 rings (SSSR count). The van der Waals surface area contributed by atoms with Crippen molar-refractivity contribution in [3.8, 4) is 0 Å². The summed E-state index contributed by atoms with van der Waals surface area (Å²) < 4.78 is 0. The lowest BCUT2D eigenvalue weighted by Gasteiger charge is -2.18. The van der Waals surface area contributed by atoms with Crippen molar-refractivity contribution in [2.45, 2.75) is 45.6 Å². The number of para-hydroxylation sites is 1. The fraction of sp³-hybridized carbons (Fsp3) is 0.364. The molecule has 144 valence electrons. The van der Waals surface area contributed by atoms with Gasteiger partial charge in [-0.1, -0.05) is 62.4 Å². The van der Waals surface area contributed by atoms with Crippen molar-refractivity contribution in [1.29, 1.82) is 0 Å². The molecule has 0 bridgehead atoms. The van der Waals surface area contributed by atoms with Crippen molar-refractivity contribution in [1.82, 2.24) is 0 Å². The fourth-order valence-corrected chi connectivity index (χ4v) is 3.15. The molecule has 0 aliphatic heterocycles. The number of benzene rings is 2. The van der Waals surface area contributed by atoms with E-state index in [2.05, 4.69) is 5.32 Å². The Hall–Kier alpha value is -2.66. The summed E-state index contributed by atoms with van der Waals surface area (Å²) >= 11 is 0. The van der Waals surface area contributed by atoms with Gasteiger partial charge in [0.05, 0.1) is 18.9 Å². The predicted molar refractivity (Wildman–Crippen MR) is 104 cm³/mol. The summed E-state index contributed by atoms with van der Waals surface area (Å²) in [5.41, 5.74) is 4.06. The summed E-state index contributed by atoms with van der Waals surface area (Å²) in [4.78, 5) is 23.9. The van der Waals surface area contributed by atoms with Crippen LogP contribution >= 0.6 is 0 Å². The standard InChI is InChI=1S/C22H28N2O3/c1-3-17-11-8-12-18(4-2)21(17)24-20(25)15-19(22(26)27)23-14-13-16-9-6-5-7-10-16/h5-12,19,23H,3-4,13-15H2,1-2H3,(H,24,25)(H,26,27)/t19-/m1/s1. The lowest BCUT2D eigenvalue weighted by atomic mass is 10.0. The van der Waals surface area contributed by atoms with Gasteiger partial charge in [0.15, 0.2) is 0 Å². The topological polar surface area (TPSA) is 85.8 Å². The number of quaternary nitrogens is 1. The number of carboxylic acid groups (broad SMARTS) is 1. The molecule has 5 heteroatoms. The Labute approximate surface area is 160 Å². The van der Waals surface area contributed by atoms with Gasteiger partial charge in [0, 0.05) is 12.1 Å². The van der Waals surface area contributed by atoms with Crippen molar-refractivity contribution in [3.05, 3.63) is 65.2 Å². The molecule has 0 heterocycles. The van der Waals surface area contributed by atoms with E-state index in [1.54, 1.807) is 5.32 Å². The van der Waals surface area contributed by atoms with Crippen LogP contribution in [0.15, 0.2) is 48.5 Å². The van der Waals surface area contributed by atoms with Gasteiger partial charge in [-0.2, -0.15) is 0 Å². The predicted octanol–water partition coefficient (Wildman–Crippen LogP) is 1.06. The Bertz CT molecular complexity index is 737. The first-order valence-electron chi connectivity index (χ1n) is 9.53. The average molecular weight is 368 g/mol. The average Bonchev–Trinajstić information content (AvgIpc) is 2.68. The minimum atomic E-state index is -1.21. The second-order valence-corrected chi connectivity index (χ2v) is 6.60. The number of amides is 1. The quantitative estimate of drug-likeness (QED) is 0.658. The van der Waals surface area contributed by atoms with Crippen molar-refractivity contribution in [2.24, 2.45) is 0 Å². The molecule has 0 unspecified atom stereocenters. The molecule has 0 aliphatic rings. The largest absolute Gasteiger partial charge is 0.544 e. The van der Waals surface area contributed by atoms with Crippen LogP contribution in [0, 0.1) is 0 Å². The van der Waals surface area contributed by atoms with E-state index in [1.807, 2.05) is 62.4 Å². The lowest BCUT2D eigenvalue weighted by molar-refractivity contribution is -0.682. The van der Waals surface area contributed by atoms with Gasteiger partial charge < -0.3 is 20.5 Å². The Morgan fingerprint density at radius 1 is 1.00 bits per heavy atom. The normalized spacial score (nSPS) is 11.8. The highest BCUT2D eigenvalue weighted by Gasteiger charge is 2.19. The van der Waals surface area contributed by atoms with Crippen LogP contribution in [0.1, 0.15) is 37.0 Å². The van der Waals surface area contributed by atoms with Gasteiger partial charge >= 0.3 is 0 Å². The summed E-state index contributed by atoms with van der Waals surface area (Å²) in [6.45, 7) is 4.65. The molecule has 0 saturated carbocycles. The van der Waals surface area contributed by atoms with Crippen LogP contribution in [-0.4, -0.2) is 24.5 Å². The molecular formula is C22H28N2O3. The maximum Gasteiger partial charge on any atom is 0.230 e. The van der Waals surface area contributed by atoms with E-state index >= 15 is 0 Å². The van der Waals surface area contributed by atoms with Gasteiger partial charge in [-0.15, -0.1) is 0 Å². The zero-order valence-electron chi connectivity index (χ0n) is 16.0. The van der Waals surface area contributed by atoms with Crippen LogP contribution in [0.4, 0.5) is 5.69 Å². The molecule has 5 nitrogen and oxygen atoms in total. The van der Waals surface area contributed by atoms with E-state index in [0.717, 1.165) is 41.6 Å². The number of aliphatic carboxylic acids is 1. The third kappa shape index (κ3) is 6.22. The molecule has 1 amide bonds. The number of anilines is 1. The summed E-state index contributed by atoms with van der Waals surface area (Å²) in [5, 5.41) is 16.1. The first-order valence-corrected chi connectivity index (χ1v) is 9.53. The van der Waals surface area contributed by atoms with E-state index in [1.165, 1.54) is 0 Å². The maximum absolute atomic E-state index is 12.5. The van der Waals surface area contributed by atoms with Crippen LogP contribution in [0.2, 0.25) is 0 Å². The summed E-state index contributed by atoms with van der Waals surface area (Å²) in [6, 6.07) is 14.9. The van der Waals surface area contributed by atoms with Crippen molar-refractivity contribution in [2.75, 3.05) is 11.9 Å². The minimum absolute atomic E-state index is 0.113. The van der Waals surface area contributed by atoms with E-state index in [-0.39, 0.29) is 12.3 Å². The molecule has 3 N–H and O–H groups in total. The smallest absolute Gasteiger partial charge is 0.230 e. The van der Waals surface area contributed by atoms with Gasteiger partial charge in [0.2, 0.25) is 5.91 Å². The summed E-state index contributed by atoms with van der Waals surface area (Å²) in [7, 11) is 0. The molecular weight excluding hydrogens is 340 g/mol. The van der Waals surface area contributed by atoms with Crippen molar-refractivity contribution >= 4 is 17.6 Å². The number of carboxylic acids is 1. The van der Waals surface area contributed by atoms with Crippen molar-refractivity contribution < 1.29 is 20.0 Å². The number of hydrogen-bond donors (Lipinski definition) is 2. The number of rotatable bonds is 10. The zero-order valence-corrected chi connectivity index (χ0v) is 16.0. The molecule has 0 spiro atoms. The number of nitrogens with one attached hydrogen (secondary N) is 1. The Morgan fingerprint density at radius 3 is 2.19 bits per heavy atom. The fourth-order valence-electron chi connectivity index (χ4n) is 3.15. The van der Waals surface area contributed by atoms with Gasteiger partial charge in [0.25, 0.3) is 0 Å². The highest BCUT2D eigenvalue weighted by atomic mass is 16.4. The Balaban J connectivity index is 1.96. The van der Waals surface area contributed by atoms with Crippen LogP contribution in [0.5, 0.6) is 0 Å². The number of carbonyl (C=O) groups excluding carboxylic acids is 2. The lowest BCUT2D eigenvalue weighted by Crippen LogP contribution is -2.93. The Kier molecular flexibility index (Phi) is 8.01. The van der Waals surface area contributed by atoms with Crippen LogP contribution in [0.25, 0.3) is 0 Å². The first-order chi connectivity index (χ1) is 13.0. The minimum Gasteiger partial charge on any atom is -0.544 e. The highest BCUT2D eigenvalue weighted by molar-refractivity contribution is 5.94. The van der Waals surface area contributed by atoms with Crippen LogP contribution < -0.4 is 15.7 Å². The molecule has 0 aliphatic carbocycles. The second-order valence-electron chi connectivity index (χ2n) is 6.60. The van der Waals surface area contributed by atoms with E-state index < -0.39 is 12.0 Å². The van der Waals surface area contributed by atoms with Gasteiger partial charge in [-0.25, -0.2) is 0 Å². The second kappa shape index (κ2) is 10.5. The van der Waals surface area contributed by atoms with Crippen LogP contribution in [0.3, 0.4) is 0 Å². The molecule has 1 atom stereocenters. The third-order valence-corrected chi connectivity index (χ3v) is 4.70. The number of nitrogens with two attached hydrogens (primary N) is 1. The SMILES string of the molecule is CCc1cccc(CC)c1NC(=O)C[C@@H]([NH2+]CCc1ccccc1)C(=O)[O-]. The first kappa shape index (κ1) is 20.6. The third-order valence-electron chi connectivity index (χ3n) is 4.70.